The molecule has 0 atom stereocenters. The van der Waals surface area contributed by atoms with Crippen LogP contribution in [0, 0.1) is 0 Å². The predicted molar refractivity (Wildman–Crippen MR) is 149 cm³/mol. The van der Waals surface area contributed by atoms with Gasteiger partial charge in [-0.1, -0.05) is 11.6 Å². The van der Waals surface area contributed by atoms with Crippen molar-refractivity contribution in [1.82, 2.24) is 10.3 Å². The summed E-state index contributed by atoms with van der Waals surface area (Å²) in [6, 6.07) is 23.7. The van der Waals surface area contributed by atoms with E-state index in [4.69, 9.17) is 37.4 Å². The number of hydrogen-bond acceptors (Lipinski definition) is 6. The van der Waals surface area contributed by atoms with E-state index in [1.54, 1.807) is 31.4 Å². The summed E-state index contributed by atoms with van der Waals surface area (Å²) in [6.45, 7) is 0. The number of carbonyl (C=O) groups excluding carboxylic acids is 1. The molecule has 184 valence electrons. The van der Waals surface area contributed by atoms with Crippen molar-refractivity contribution < 1.29 is 18.4 Å². The van der Waals surface area contributed by atoms with Crippen LogP contribution in [0.25, 0.3) is 40.0 Å². The van der Waals surface area contributed by atoms with E-state index < -0.39 is 0 Å². The van der Waals surface area contributed by atoms with E-state index in [0.717, 1.165) is 11.1 Å². The highest BCUT2D eigenvalue weighted by Gasteiger charge is 2.10. The zero-order valence-corrected chi connectivity index (χ0v) is 21.1. The van der Waals surface area contributed by atoms with Gasteiger partial charge >= 0.3 is 0 Å². The van der Waals surface area contributed by atoms with Crippen LogP contribution in [0.2, 0.25) is 5.02 Å². The summed E-state index contributed by atoms with van der Waals surface area (Å²) in [5, 5.41) is 6.41. The number of methoxy groups -OCH3 is 1. The van der Waals surface area contributed by atoms with E-state index in [1.807, 2.05) is 60.7 Å². The standard InChI is InChI=1S/C28H20ClN3O4S/c1-34-22-11-14-25-23(16-22)31-27(36-25)18-4-8-20(9-5-18)30-28(37)32-26(33)15-12-21-10-13-24(35-21)17-2-6-19(29)7-3-17/h2-16H,1H3,(H2,30,32,33,37). The molecule has 0 bridgehead atoms. The lowest BCUT2D eigenvalue weighted by Crippen LogP contribution is -2.32. The highest BCUT2D eigenvalue weighted by atomic mass is 35.5. The zero-order chi connectivity index (χ0) is 25.8. The highest BCUT2D eigenvalue weighted by molar-refractivity contribution is 7.80. The lowest BCUT2D eigenvalue weighted by atomic mass is 10.2. The summed E-state index contributed by atoms with van der Waals surface area (Å²) in [7, 11) is 1.61. The zero-order valence-electron chi connectivity index (χ0n) is 19.5. The Kier molecular flexibility index (Phi) is 7.02. The third kappa shape index (κ3) is 5.88. The molecule has 9 heteroatoms. The third-order valence-electron chi connectivity index (χ3n) is 5.38. The Morgan fingerprint density at radius 3 is 2.49 bits per heavy atom. The van der Waals surface area contributed by atoms with Crippen molar-refractivity contribution >= 4 is 57.7 Å². The van der Waals surface area contributed by atoms with Gasteiger partial charge in [-0.15, -0.1) is 0 Å². The van der Waals surface area contributed by atoms with Gasteiger partial charge in [-0.25, -0.2) is 4.98 Å². The minimum atomic E-state index is -0.388. The van der Waals surface area contributed by atoms with Crippen LogP contribution in [0.15, 0.2) is 93.8 Å². The molecule has 2 heterocycles. The molecule has 0 saturated carbocycles. The summed E-state index contributed by atoms with van der Waals surface area (Å²) in [5.74, 6) is 2.03. The highest BCUT2D eigenvalue weighted by Crippen LogP contribution is 2.28. The molecule has 5 aromatic rings. The number of nitrogens with one attached hydrogen (secondary N) is 2. The Morgan fingerprint density at radius 2 is 1.73 bits per heavy atom. The molecule has 0 radical (unpaired) electrons. The van der Waals surface area contributed by atoms with Gasteiger partial charge in [0.2, 0.25) is 11.8 Å². The van der Waals surface area contributed by atoms with Gasteiger partial charge in [0.05, 0.1) is 7.11 Å². The first-order valence-corrected chi connectivity index (χ1v) is 12.0. The molecule has 5 rings (SSSR count). The first-order valence-electron chi connectivity index (χ1n) is 11.2. The number of carbonyl (C=O) groups is 1. The van der Waals surface area contributed by atoms with Crippen molar-refractivity contribution in [2.45, 2.75) is 0 Å². The van der Waals surface area contributed by atoms with Gasteiger partial charge in [-0.3, -0.25) is 10.1 Å². The fourth-order valence-electron chi connectivity index (χ4n) is 3.54. The monoisotopic (exact) mass is 529 g/mol. The SMILES string of the molecule is COc1ccc2oc(-c3ccc(NC(=S)NC(=O)C=Cc4ccc(-c5ccc(Cl)cc5)o4)cc3)nc2c1. The number of fused-ring (bicyclic) bond motifs is 1. The molecule has 2 aromatic heterocycles. The van der Waals surface area contributed by atoms with Crippen LogP contribution in [-0.4, -0.2) is 23.1 Å². The molecule has 7 nitrogen and oxygen atoms in total. The molecular weight excluding hydrogens is 510 g/mol. The smallest absolute Gasteiger partial charge is 0.250 e. The maximum absolute atomic E-state index is 12.3. The number of amides is 1. The van der Waals surface area contributed by atoms with E-state index >= 15 is 0 Å². The number of thiocarbonyl (C=S) groups is 1. The van der Waals surface area contributed by atoms with Gasteiger partial charge in [0.25, 0.3) is 0 Å². The lowest BCUT2D eigenvalue weighted by molar-refractivity contribution is -0.115. The number of rotatable bonds is 6. The molecule has 0 aliphatic rings. The van der Waals surface area contributed by atoms with Crippen molar-refractivity contribution in [1.29, 1.82) is 0 Å². The molecule has 0 unspecified atom stereocenters. The topological polar surface area (TPSA) is 89.5 Å². The Hall–Kier alpha value is -4.40. The Bertz CT molecular complexity index is 1610. The third-order valence-corrected chi connectivity index (χ3v) is 5.83. The number of benzene rings is 3. The Balaban J connectivity index is 1.16. The summed E-state index contributed by atoms with van der Waals surface area (Å²) in [6.07, 6.45) is 2.92. The van der Waals surface area contributed by atoms with Crippen LogP contribution < -0.4 is 15.4 Å². The Labute approximate surface area is 222 Å². The number of anilines is 1. The molecule has 0 aliphatic carbocycles. The summed E-state index contributed by atoms with van der Waals surface area (Å²) >= 11 is 11.2. The first-order chi connectivity index (χ1) is 18.0. The van der Waals surface area contributed by atoms with Crippen LogP contribution >= 0.6 is 23.8 Å². The number of halogens is 1. The Morgan fingerprint density at radius 1 is 0.973 bits per heavy atom. The number of aromatic nitrogens is 1. The van der Waals surface area contributed by atoms with Crippen LogP contribution in [0.3, 0.4) is 0 Å². The predicted octanol–water partition coefficient (Wildman–Crippen LogP) is 6.94. The average molecular weight is 530 g/mol. The van der Waals surface area contributed by atoms with Gasteiger partial charge in [-0.05, 0) is 91.1 Å². The second kappa shape index (κ2) is 10.7. The maximum Gasteiger partial charge on any atom is 0.250 e. The van der Waals surface area contributed by atoms with Crippen molar-refractivity contribution in [2.24, 2.45) is 0 Å². The van der Waals surface area contributed by atoms with E-state index in [1.165, 1.54) is 6.08 Å². The number of hydrogen-bond donors (Lipinski definition) is 2. The van der Waals surface area contributed by atoms with E-state index in [-0.39, 0.29) is 11.0 Å². The van der Waals surface area contributed by atoms with Gasteiger partial charge in [0.15, 0.2) is 10.7 Å². The van der Waals surface area contributed by atoms with E-state index in [2.05, 4.69) is 15.6 Å². The summed E-state index contributed by atoms with van der Waals surface area (Å²) in [5.41, 5.74) is 3.78. The van der Waals surface area contributed by atoms with Crippen LogP contribution in [0.4, 0.5) is 5.69 Å². The quantitative estimate of drug-likeness (QED) is 0.182. The minimum Gasteiger partial charge on any atom is -0.497 e. The maximum atomic E-state index is 12.3. The van der Waals surface area contributed by atoms with E-state index in [9.17, 15) is 4.79 Å². The van der Waals surface area contributed by atoms with Crippen LogP contribution in [-0.2, 0) is 4.79 Å². The van der Waals surface area contributed by atoms with Gasteiger partial charge in [-0.2, -0.15) is 0 Å². The number of furan rings is 1. The molecule has 0 saturated heterocycles. The fraction of sp³-hybridized carbons (Fsp3) is 0.0357. The normalized spacial score (nSPS) is 11.1. The van der Waals surface area contributed by atoms with E-state index in [0.29, 0.717) is 45.0 Å². The molecule has 1 amide bonds. The summed E-state index contributed by atoms with van der Waals surface area (Å²) < 4.78 is 16.8. The van der Waals surface area contributed by atoms with Gasteiger partial charge < -0.3 is 18.9 Å². The van der Waals surface area contributed by atoms with Gasteiger partial charge in [0.1, 0.15) is 22.8 Å². The second-order valence-electron chi connectivity index (χ2n) is 7.92. The van der Waals surface area contributed by atoms with Crippen LogP contribution in [0.1, 0.15) is 5.76 Å². The minimum absolute atomic E-state index is 0.164. The van der Waals surface area contributed by atoms with Crippen LogP contribution in [0.5, 0.6) is 5.75 Å². The molecule has 0 spiro atoms. The molecular formula is C28H20ClN3O4S. The average Bonchev–Trinajstić information content (AvgIpc) is 3.55. The summed E-state index contributed by atoms with van der Waals surface area (Å²) in [4.78, 5) is 16.8. The molecule has 0 fully saturated rings. The fourth-order valence-corrected chi connectivity index (χ4v) is 3.88. The number of nitrogens with zero attached hydrogens (tertiary/aromatic N) is 1. The second-order valence-corrected chi connectivity index (χ2v) is 8.76. The molecule has 3 aromatic carbocycles. The van der Waals surface area contributed by atoms with Crippen molar-refractivity contribution in [3.8, 4) is 28.5 Å². The number of oxazole rings is 1. The van der Waals surface area contributed by atoms with Crippen molar-refractivity contribution in [3.63, 3.8) is 0 Å². The number of ether oxygens (including phenoxy) is 1. The van der Waals surface area contributed by atoms with Crippen molar-refractivity contribution in [3.05, 3.63) is 95.7 Å². The first kappa shape index (κ1) is 24.3. The largest absolute Gasteiger partial charge is 0.497 e. The molecule has 0 aliphatic heterocycles. The van der Waals surface area contributed by atoms with Crippen molar-refractivity contribution in [2.75, 3.05) is 12.4 Å². The molecule has 37 heavy (non-hydrogen) atoms. The van der Waals surface area contributed by atoms with Gasteiger partial charge in [0, 0.05) is 34.0 Å². The lowest BCUT2D eigenvalue weighted by Gasteiger charge is -2.08. The molecule has 2 N–H and O–H groups in total.